The maximum Gasteiger partial charge on any atom is 0.323 e. The molecule has 0 saturated carbocycles. The molecule has 0 heterocycles. The van der Waals surface area contributed by atoms with Gasteiger partial charge < -0.3 is 31.9 Å². The number of halogens is 2. The smallest absolute Gasteiger partial charge is 0.323 e. The molecule has 53 heavy (non-hydrogen) atoms. The summed E-state index contributed by atoms with van der Waals surface area (Å²) < 4.78 is 0. The number of rotatable bonds is 13. The van der Waals surface area contributed by atoms with Gasteiger partial charge in [-0.1, -0.05) is 76.3 Å². The van der Waals surface area contributed by atoms with Gasteiger partial charge in [0.15, 0.2) is 0 Å². The van der Waals surface area contributed by atoms with E-state index in [0.717, 1.165) is 27.8 Å². The van der Waals surface area contributed by atoms with Gasteiger partial charge in [-0.25, -0.2) is 14.4 Å². The highest BCUT2D eigenvalue weighted by Crippen LogP contribution is 2.27. The Balaban J connectivity index is 1.32. The summed E-state index contributed by atoms with van der Waals surface area (Å²) in [6.45, 7) is 7.63. The van der Waals surface area contributed by atoms with Gasteiger partial charge in [0, 0.05) is 64.7 Å². The molecule has 0 aliphatic heterocycles. The Hall–Kier alpha value is -5.55. The molecule has 0 atom stereocenters. The molecule has 5 aromatic rings. The lowest BCUT2D eigenvalue weighted by atomic mass is 10.1. The second kappa shape index (κ2) is 18.8. The van der Waals surface area contributed by atoms with Crippen molar-refractivity contribution in [3.8, 4) is 0 Å². The number of urea groups is 3. The van der Waals surface area contributed by atoms with Crippen LogP contribution in [0.1, 0.15) is 34.2 Å². The molecular formula is C41H43Cl2N7O3. The van der Waals surface area contributed by atoms with Crippen molar-refractivity contribution in [2.24, 2.45) is 0 Å². The fourth-order valence-corrected chi connectivity index (χ4v) is 5.88. The molecule has 5 aromatic carbocycles. The molecular weight excluding hydrogens is 709 g/mol. The van der Waals surface area contributed by atoms with Crippen molar-refractivity contribution in [1.82, 2.24) is 10.2 Å². The van der Waals surface area contributed by atoms with Crippen LogP contribution in [0, 0.1) is 20.8 Å². The monoisotopic (exact) mass is 751 g/mol. The number of aryl methyl sites for hydroxylation is 3. The van der Waals surface area contributed by atoms with Gasteiger partial charge in [0.2, 0.25) is 0 Å². The van der Waals surface area contributed by atoms with Crippen LogP contribution in [-0.4, -0.2) is 36.1 Å². The first-order valence-electron chi connectivity index (χ1n) is 17.2. The highest BCUT2D eigenvalue weighted by molar-refractivity contribution is 6.31. The standard InChI is InChI=1S/C41H43Cl2N7O3/c1-27-5-13-34(14-6-27)45-39(51)44-21-4-22-50(25-30-23-32(42)11-19-37(30)48-40(52)46-35-15-7-28(2)8-16-35)26-31-24-33(43)12-20-38(31)49-41(53)47-36-17-9-29(3)10-18-36/h5-20,23-24H,4,21-22,25-26H2,1-3H3,(H2,44,45,51)(H2,46,48,52)(H2,47,49,53). The molecule has 6 amide bonds. The van der Waals surface area contributed by atoms with Gasteiger partial charge >= 0.3 is 18.1 Å². The first-order chi connectivity index (χ1) is 25.5. The minimum Gasteiger partial charge on any atom is -0.338 e. The third-order valence-electron chi connectivity index (χ3n) is 8.28. The van der Waals surface area contributed by atoms with E-state index in [2.05, 4.69) is 36.8 Å². The second-order valence-electron chi connectivity index (χ2n) is 12.8. The first-order valence-corrected chi connectivity index (χ1v) is 17.9. The van der Waals surface area contributed by atoms with Crippen molar-refractivity contribution in [3.05, 3.63) is 147 Å². The molecule has 0 fully saturated rings. The molecule has 0 bridgehead atoms. The quantitative estimate of drug-likeness (QED) is 0.0670. The van der Waals surface area contributed by atoms with E-state index in [1.54, 1.807) is 24.3 Å². The van der Waals surface area contributed by atoms with Crippen LogP contribution in [-0.2, 0) is 13.1 Å². The predicted octanol–water partition coefficient (Wildman–Crippen LogP) is 10.4. The minimum atomic E-state index is -0.395. The van der Waals surface area contributed by atoms with Crippen molar-refractivity contribution < 1.29 is 14.4 Å². The Morgan fingerprint density at radius 1 is 0.509 bits per heavy atom. The second-order valence-corrected chi connectivity index (χ2v) is 13.7. The van der Waals surface area contributed by atoms with Crippen molar-refractivity contribution in [1.29, 1.82) is 0 Å². The van der Waals surface area contributed by atoms with Gasteiger partial charge in [-0.2, -0.15) is 0 Å². The number of carbonyl (C=O) groups is 3. The number of amides is 6. The van der Waals surface area contributed by atoms with Gasteiger partial charge in [0.05, 0.1) is 0 Å². The van der Waals surface area contributed by atoms with E-state index in [-0.39, 0.29) is 6.03 Å². The average molecular weight is 753 g/mol. The van der Waals surface area contributed by atoms with Crippen LogP contribution in [0.4, 0.5) is 42.8 Å². The van der Waals surface area contributed by atoms with Gasteiger partial charge in [-0.15, -0.1) is 0 Å². The van der Waals surface area contributed by atoms with E-state index in [4.69, 9.17) is 23.2 Å². The molecule has 0 saturated heterocycles. The van der Waals surface area contributed by atoms with Crippen molar-refractivity contribution in [2.45, 2.75) is 40.3 Å². The third kappa shape index (κ3) is 12.6. The van der Waals surface area contributed by atoms with Crippen LogP contribution in [0.15, 0.2) is 109 Å². The molecule has 274 valence electrons. The third-order valence-corrected chi connectivity index (χ3v) is 8.75. The Kier molecular flexibility index (Phi) is 13.7. The Morgan fingerprint density at radius 3 is 1.28 bits per heavy atom. The number of hydrogen-bond donors (Lipinski definition) is 6. The average Bonchev–Trinajstić information content (AvgIpc) is 3.12. The van der Waals surface area contributed by atoms with Crippen LogP contribution in [0.3, 0.4) is 0 Å². The number of benzene rings is 5. The molecule has 0 spiro atoms. The zero-order valence-electron chi connectivity index (χ0n) is 29.9. The van der Waals surface area contributed by atoms with Gasteiger partial charge in [0.25, 0.3) is 0 Å². The van der Waals surface area contributed by atoms with Gasteiger partial charge in [0.1, 0.15) is 0 Å². The van der Waals surface area contributed by atoms with Crippen molar-refractivity contribution in [2.75, 3.05) is 39.7 Å². The van der Waals surface area contributed by atoms with E-state index in [1.165, 1.54) is 0 Å². The van der Waals surface area contributed by atoms with Crippen LogP contribution in [0.25, 0.3) is 0 Å². The van der Waals surface area contributed by atoms with Crippen LogP contribution in [0.5, 0.6) is 0 Å². The zero-order chi connectivity index (χ0) is 37.7. The highest BCUT2D eigenvalue weighted by atomic mass is 35.5. The zero-order valence-corrected chi connectivity index (χ0v) is 31.4. The van der Waals surface area contributed by atoms with Gasteiger partial charge in [-0.3, -0.25) is 4.90 Å². The number of nitrogens with zero attached hydrogens (tertiary/aromatic N) is 1. The fourth-order valence-electron chi connectivity index (χ4n) is 5.49. The summed E-state index contributed by atoms with van der Waals surface area (Å²) in [6.07, 6.45) is 0.593. The molecule has 0 aromatic heterocycles. The maximum absolute atomic E-state index is 13.1. The first kappa shape index (κ1) is 38.7. The molecule has 12 heteroatoms. The number of anilines is 5. The van der Waals surface area contributed by atoms with E-state index in [0.29, 0.717) is 71.1 Å². The number of hydrogen-bond acceptors (Lipinski definition) is 4. The lowest BCUT2D eigenvalue weighted by Gasteiger charge is -2.26. The molecule has 0 aliphatic rings. The summed E-state index contributed by atoms with van der Waals surface area (Å²) in [6, 6.07) is 32.1. The molecule has 10 nitrogen and oxygen atoms in total. The summed E-state index contributed by atoms with van der Waals surface area (Å²) in [5.41, 5.74) is 8.02. The van der Waals surface area contributed by atoms with Crippen molar-refractivity contribution in [3.63, 3.8) is 0 Å². The van der Waals surface area contributed by atoms with E-state index < -0.39 is 12.1 Å². The summed E-state index contributed by atoms with van der Waals surface area (Å²) in [7, 11) is 0. The van der Waals surface area contributed by atoms with Crippen molar-refractivity contribution >= 4 is 69.7 Å². The van der Waals surface area contributed by atoms with Crippen LogP contribution < -0.4 is 31.9 Å². The lowest BCUT2D eigenvalue weighted by Crippen LogP contribution is -2.32. The molecule has 5 rings (SSSR count). The van der Waals surface area contributed by atoms with E-state index in [1.807, 2.05) is 106 Å². The predicted molar refractivity (Wildman–Crippen MR) is 217 cm³/mol. The van der Waals surface area contributed by atoms with Crippen LogP contribution in [0.2, 0.25) is 10.0 Å². The normalized spacial score (nSPS) is 10.8. The Bertz CT molecular complexity index is 1910. The molecule has 6 N–H and O–H groups in total. The summed E-state index contributed by atoms with van der Waals surface area (Å²) in [4.78, 5) is 40.9. The fraction of sp³-hybridized carbons (Fsp3) is 0.195. The molecule has 0 unspecified atom stereocenters. The number of nitrogens with one attached hydrogen (secondary N) is 6. The molecule has 0 aliphatic carbocycles. The highest BCUT2D eigenvalue weighted by Gasteiger charge is 2.17. The summed E-state index contributed by atoms with van der Waals surface area (Å²) in [5, 5.41) is 18.5. The van der Waals surface area contributed by atoms with E-state index >= 15 is 0 Å². The van der Waals surface area contributed by atoms with E-state index in [9.17, 15) is 14.4 Å². The SMILES string of the molecule is Cc1ccc(NC(=O)NCCCN(Cc2cc(Cl)ccc2NC(=O)Nc2ccc(C)cc2)Cc2cc(Cl)ccc2NC(=O)Nc2ccc(C)cc2)cc1. The largest absolute Gasteiger partial charge is 0.338 e. The summed E-state index contributed by atoms with van der Waals surface area (Å²) >= 11 is 13.0. The summed E-state index contributed by atoms with van der Waals surface area (Å²) in [5.74, 6) is 0. The van der Waals surface area contributed by atoms with Gasteiger partial charge in [-0.05, 0) is 111 Å². The Labute approximate surface area is 320 Å². The topological polar surface area (TPSA) is 127 Å². The molecule has 0 radical (unpaired) electrons. The van der Waals surface area contributed by atoms with Crippen LogP contribution >= 0.6 is 23.2 Å². The lowest BCUT2D eigenvalue weighted by molar-refractivity contribution is 0.243. The maximum atomic E-state index is 13.1. The minimum absolute atomic E-state index is 0.303. The number of carbonyl (C=O) groups excluding carboxylic acids is 3. The Morgan fingerprint density at radius 2 is 0.887 bits per heavy atom.